The lowest BCUT2D eigenvalue weighted by atomic mass is 10.2. The molecule has 0 bridgehead atoms. The molecule has 0 spiro atoms. The Balaban J connectivity index is 2.22. The number of halogens is 1. The molecule has 3 heteroatoms. The lowest BCUT2D eigenvalue weighted by Gasteiger charge is -1.93. The molecule has 1 heterocycles. The predicted molar refractivity (Wildman–Crippen MR) is 55.7 cm³/mol. The Bertz CT molecular complexity index is 460. The van der Waals surface area contributed by atoms with Gasteiger partial charge in [-0.3, -0.25) is 0 Å². The van der Waals surface area contributed by atoms with E-state index in [1.807, 2.05) is 19.1 Å². The molecule has 14 heavy (non-hydrogen) atoms. The minimum absolute atomic E-state index is 0.557. The molecule has 0 unspecified atom stereocenters. The summed E-state index contributed by atoms with van der Waals surface area (Å²) in [4.78, 5) is 4.45. The third kappa shape index (κ3) is 1.22. The number of fused-ring (bicyclic) bond motifs is 1. The zero-order valence-corrected chi connectivity index (χ0v) is 8.64. The van der Waals surface area contributed by atoms with Gasteiger partial charge in [0.25, 0.3) is 0 Å². The molecular formula is C11H10ClNO. The molecule has 3 rings (SSSR count). The van der Waals surface area contributed by atoms with Gasteiger partial charge in [-0.15, -0.1) is 0 Å². The summed E-state index contributed by atoms with van der Waals surface area (Å²) < 4.78 is 5.63. The van der Waals surface area contributed by atoms with Gasteiger partial charge < -0.3 is 4.42 Å². The maximum atomic E-state index is 6.00. The zero-order chi connectivity index (χ0) is 9.71. The Morgan fingerprint density at radius 1 is 1.43 bits per heavy atom. The second kappa shape index (κ2) is 2.74. The lowest BCUT2D eigenvalue weighted by molar-refractivity contribution is 0.533. The van der Waals surface area contributed by atoms with Gasteiger partial charge in [-0.05, 0) is 31.4 Å². The first-order valence-corrected chi connectivity index (χ1v) is 5.18. The number of nitrogens with zero attached hydrogens (tertiary/aromatic N) is 1. The molecule has 2 aromatic rings. The average molecular weight is 208 g/mol. The summed E-state index contributed by atoms with van der Waals surface area (Å²) >= 11 is 6.00. The highest BCUT2D eigenvalue weighted by molar-refractivity contribution is 6.32. The van der Waals surface area contributed by atoms with E-state index in [9.17, 15) is 0 Å². The second-order valence-corrected chi connectivity index (χ2v) is 4.30. The molecule has 0 atom stereocenters. The number of aromatic nitrogens is 1. The Morgan fingerprint density at radius 3 is 2.93 bits per heavy atom. The van der Waals surface area contributed by atoms with Gasteiger partial charge in [-0.2, -0.15) is 0 Å². The first-order chi connectivity index (χ1) is 6.74. The summed E-state index contributed by atoms with van der Waals surface area (Å²) in [7, 11) is 0. The molecule has 1 aliphatic carbocycles. The van der Waals surface area contributed by atoms with Gasteiger partial charge in [0.2, 0.25) is 0 Å². The summed E-state index contributed by atoms with van der Waals surface area (Å²) in [5, 5.41) is 0.746. The maximum Gasteiger partial charge on any atom is 0.198 e. The van der Waals surface area contributed by atoms with Crippen LogP contribution in [-0.2, 0) is 0 Å². The first kappa shape index (κ1) is 8.30. The molecular weight excluding hydrogens is 198 g/mol. The van der Waals surface area contributed by atoms with E-state index in [0.717, 1.165) is 27.6 Å². The van der Waals surface area contributed by atoms with Crippen LogP contribution in [0.1, 0.15) is 30.2 Å². The van der Waals surface area contributed by atoms with Crippen LogP contribution in [0.2, 0.25) is 5.02 Å². The normalized spacial score (nSPS) is 16.4. The van der Waals surface area contributed by atoms with Gasteiger partial charge in [-0.1, -0.05) is 11.6 Å². The van der Waals surface area contributed by atoms with Crippen molar-refractivity contribution in [1.82, 2.24) is 4.98 Å². The van der Waals surface area contributed by atoms with E-state index >= 15 is 0 Å². The third-order valence-corrected chi connectivity index (χ3v) is 3.02. The molecule has 0 N–H and O–H groups in total. The Morgan fingerprint density at radius 2 is 2.21 bits per heavy atom. The fraction of sp³-hybridized carbons (Fsp3) is 0.364. The van der Waals surface area contributed by atoms with Crippen LogP contribution < -0.4 is 0 Å². The largest absolute Gasteiger partial charge is 0.440 e. The van der Waals surface area contributed by atoms with Crippen molar-refractivity contribution < 1.29 is 4.42 Å². The summed E-state index contributed by atoms with van der Waals surface area (Å²) in [6.45, 7) is 1.98. The number of oxazole rings is 1. The quantitative estimate of drug-likeness (QED) is 0.713. The van der Waals surface area contributed by atoms with Crippen LogP contribution in [0.25, 0.3) is 11.1 Å². The van der Waals surface area contributed by atoms with Gasteiger partial charge in [0.15, 0.2) is 11.5 Å². The van der Waals surface area contributed by atoms with E-state index < -0.39 is 0 Å². The number of aryl methyl sites for hydroxylation is 1. The highest BCUT2D eigenvalue weighted by Crippen LogP contribution is 2.40. The molecule has 1 aromatic heterocycles. The zero-order valence-electron chi connectivity index (χ0n) is 7.88. The van der Waals surface area contributed by atoms with Crippen molar-refractivity contribution in [2.24, 2.45) is 0 Å². The van der Waals surface area contributed by atoms with Crippen LogP contribution in [0.5, 0.6) is 0 Å². The molecule has 1 aromatic carbocycles. The highest BCUT2D eigenvalue weighted by atomic mass is 35.5. The smallest absolute Gasteiger partial charge is 0.198 e. The number of hydrogen-bond acceptors (Lipinski definition) is 2. The van der Waals surface area contributed by atoms with Crippen molar-refractivity contribution in [2.45, 2.75) is 25.7 Å². The van der Waals surface area contributed by atoms with Crippen molar-refractivity contribution in [3.63, 3.8) is 0 Å². The van der Waals surface area contributed by atoms with Crippen LogP contribution >= 0.6 is 11.6 Å². The molecule has 1 fully saturated rings. The minimum atomic E-state index is 0.557. The fourth-order valence-corrected chi connectivity index (χ4v) is 1.73. The van der Waals surface area contributed by atoms with E-state index in [1.165, 1.54) is 12.8 Å². The van der Waals surface area contributed by atoms with E-state index in [0.29, 0.717) is 5.92 Å². The summed E-state index contributed by atoms with van der Waals surface area (Å²) in [5.41, 5.74) is 2.78. The number of rotatable bonds is 1. The van der Waals surface area contributed by atoms with E-state index in [2.05, 4.69) is 4.98 Å². The number of benzene rings is 1. The lowest BCUT2D eigenvalue weighted by Crippen LogP contribution is -1.77. The van der Waals surface area contributed by atoms with Crippen LogP contribution in [0.4, 0.5) is 0 Å². The number of hydrogen-bond donors (Lipinski definition) is 0. The van der Waals surface area contributed by atoms with Crippen molar-refractivity contribution in [3.8, 4) is 0 Å². The molecule has 72 valence electrons. The van der Waals surface area contributed by atoms with Crippen LogP contribution in [-0.4, -0.2) is 4.98 Å². The van der Waals surface area contributed by atoms with Gasteiger partial charge in [0.1, 0.15) is 5.52 Å². The van der Waals surface area contributed by atoms with Crippen molar-refractivity contribution in [1.29, 1.82) is 0 Å². The summed E-state index contributed by atoms with van der Waals surface area (Å²) in [6.07, 6.45) is 2.42. The minimum Gasteiger partial charge on any atom is -0.440 e. The average Bonchev–Trinajstić information content (AvgIpc) is 2.90. The standard InChI is InChI=1S/C11H10ClNO/c1-6-4-9-10(5-8(6)12)14-11(13-9)7-2-3-7/h4-5,7H,2-3H2,1H3. The fourth-order valence-electron chi connectivity index (χ4n) is 1.58. The molecule has 0 aliphatic heterocycles. The Kier molecular flexibility index (Phi) is 1.62. The van der Waals surface area contributed by atoms with Crippen LogP contribution in [0, 0.1) is 6.92 Å². The second-order valence-electron chi connectivity index (χ2n) is 3.90. The molecule has 0 amide bonds. The first-order valence-electron chi connectivity index (χ1n) is 4.80. The Hall–Kier alpha value is -1.02. The SMILES string of the molecule is Cc1cc2nc(C3CC3)oc2cc1Cl. The van der Waals surface area contributed by atoms with Gasteiger partial charge in [0, 0.05) is 17.0 Å². The molecule has 0 radical (unpaired) electrons. The van der Waals surface area contributed by atoms with Gasteiger partial charge in [-0.25, -0.2) is 4.98 Å². The molecule has 1 saturated carbocycles. The third-order valence-electron chi connectivity index (χ3n) is 2.61. The van der Waals surface area contributed by atoms with Crippen LogP contribution in [0.3, 0.4) is 0 Å². The van der Waals surface area contributed by atoms with Crippen molar-refractivity contribution in [3.05, 3.63) is 28.6 Å². The van der Waals surface area contributed by atoms with Gasteiger partial charge >= 0.3 is 0 Å². The van der Waals surface area contributed by atoms with E-state index in [4.69, 9.17) is 16.0 Å². The van der Waals surface area contributed by atoms with E-state index in [1.54, 1.807) is 0 Å². The molecule has 1 aliphatic rings. The molecule has 2 nitrogen and oxygen atoms in total. The topological polar surface area (TPSA) is 26.0 Å². The van der Waals surface area contributed by atoms with Gasteiger partial charge in [0.05, 0.1) is 0 Å². The Labute approximate surface area is 86.9 Å². The summed E-state index contributed by atoms with van der Waals surface area (Å²) in [6, 6.07) is 3.83. The van der Waals surface area contributed by atoms with Crippen LogP contribution in [0.15, 0.2) is 16.5 Å². The predicted octanol–water partition coefficient (Wildman–Crippen LogP) is 3.67. The van der Waals surface area contributed by atoms with E-state index in [-0.39, 0.29) is 0 Å². The summed E-state index contributed by atoms with van der Waals surface area (Å²) in [5.74, 6) is 1.43. The highest BCUT2D eigenvalue weighted by Gasteiger charge is 2.28. The molecule has 0 saturated heterocycles. The van der Waals surface area contributed by atoms with Crippen molar-refractivity contribution in [2.75, 3.05) is 0 Å². The van der Waals surface area contributed by atoms with Crippen molar-refractivity contribution >= 4 is 22.7 Å². The monoisotopic (exact) mass is 207 g/mol. The maximum absolute atomic E-state index is 6.00.